The van der Waals surface area contributed by atoms with Crippen LogP contribution in [0.3, 0.4) is 0 Å². The molecule has 1 aliphatic heterocycles. The predicted molar refractivity (Wildman–Crippen MR) is 103 cm³/mol. The molecule has 2 heterocycles. The van der Waals surface area contributed by atoms with Crippen molar-refractivity contribution in [2.75, 3.05) is 24.3 Å². The van der Waals surface area contributed by atoms with E-state index in [-0.39, 0.29) is 5.91 Å². The summed E-state index contributed by atoms with van der Waals surface area (Å²) in [6.07, 6.45) is 0. The molecule has 0 radical (unpaired) electrons. The molecule has 0 atom stereocenters. The van der Waals surface area contributed by atoms with Crippen molar-refractivity contribution in [2.24, 2.45) is 5.92 Å². The number of ether oxygens (including phenoxy) is 2. The maximum absolute atomic E-state index is 12.3. The Balaban J connectivity index is 1.62. The molecule has 0 saturated carbocycles. The smallest absolute Gasteiger partial charge is 0.234 e. The zero-order valence-electron chi connectivity index (χ0n) is 15.7. The number of hydrogen-bond acceptors (Lipinski definition) is 5. The van der Waals surface area contributed by atoms with E-state index in [9.17, 15) is 4.79 Å². The van der Waals surface area contributed by atoms with Crippen LogP contribution in [-0.2, 0) is 11.3 Å². The lowest BCUT2D eigenvalue weighted by Gasteiger charge is -2.19. The number of anilines is 1. The third kappa shape index (κ3) is 4.33. The molecule has 6 nitrogen and oxygen atoms in total. The SMILES string of the molecule is Cc1nc(SCC(=O)Nc2ccc3c(c2)OCCO3)n(CC(C)C)c1C. The zero-order valence-corrected chi connectivity index (χ0v) is 16.5. The minimum atomic E-state index is -0.0684. The van der Waals surface area contributed by atoms with E-state index in [1.165, 1.54) is 11.8 Å². The van der Waals surface area contributed by atoms with E-state index in [0.29, 0.717) is 42.1 Å². The maximum Gasteiger partial charge on any atom is 0.234 e. The van der Waals surface area contributed by atoms with Crippen molar-refractivity contribution in [3.8, 4) is 11.5 Å². The Morgan fingerprint density at radius 2 is 2.00 bits per heavy atom. The highest BCUT2D eigenvalue weighted by Gasteiger charge is 2.16. The molecule has 0 aliphatic carbocycles. The second-order valence-electron chi connectivity index (χ2n) is 6.76. The van der Waals surface area contributed by atoms with Crippen LogP contribution in [0.4, 0.5) is 5.69 Å². The normalized spacial score (nSPS) is 13.1. The summed E-state index contributed by atoms with van der Waals surface area (Å²) in [7, 11) is 0. The number of rotatable bonds is 6. The van der Waals surface area contributed by atoms with Crippen LogP contribution in [0.25, 0.3) is 0 Å². The highest BCUT2D eigenvalue weighted by atomic mass is 32.2. The summed E-state index contributed by atoms with van der Waals surface area (Å²) >= 11 is 1.46. The number of carbonyl (C=O) groups excluding carboxylic acids is 1. The fraction of sp³-hybridized carbons (Fsp3) is 0.474. The highest BCUT2D eigenvalue weighted by molar-refractivity contribution is 7.99. The van der Waals surface area contributed by atoms with Crippen molar-refractivity contribution >= 4 is 23.4 Å². The lowest BCUT2D eigenvalue weighted by Crippen LogP contribution is -2.17. The summed E-state index contributed by atoms with van der Waals surface area (Å²) in [5.74, 6) is 2.14. The van der Waals surface area contributed by atoms with Gasteiger partial charge in [0.2, 0.25) is 5.91 Å². The van der Waals surface area contributed by atoms with Crippen LogP contribution in [0.2, 0.25) is 0 Å². The van der Waals surface area contributed by atoms with Gasteiger partial charge >= 0.3 is 0 Å². The summed E-state index contributed by atoms with van der Waals surface area (Å²) in [4.78, 5) is 16.9. The average molecular weight is 375 g/mol. The fourth-order valence-corrected chi connectivity index (χ4v) is 3.66. The molecular formula is C19H25N3O3S. The van der Waals surface area contributed by atoms with E-state index < -0.39 is 0 Å². The van der Waals surface area contributed by atoms with Crippen molar-refractivity contribution in [1.82, 2.24) is 9.55 Å². The van der Waals surface area contributed by atoms with E-state index >= 15 is 0 Å². The highest BCUT2D eigenvalue weighted by Crippen LogP contribution is 2.32. The fourth-order valence-electron chi connectivity index (χ4n) is 2.76. The van der Waals surface area contributed by atoms with Gasteiger partial charge < -0.3 is 19.4 Å². The van der Waals surface area contributed by atoms with Gasteiger partial charge in [0.05, 0.1) is 11.4 Å². The Bertz CT molecular complexity index is 802. The van der Waals surface area contributed by atoms with Crippen molar-refractivity contribution in [1.29, 1.82) is 0 Å². The molecule has 1 aromatic carbocycles. The Morgan fingerprint density at radius 3 is 2.73 bits per heavy atom. The number of nitrogens with zero attached hydrogens (tertiary/aromatic N) is 2. The molecule has 1 amide bonds. The molecule has 140 valence electrons. The maximum atomic E-state index is 12.3. The van der Waals surface area contributed by atoms with Gasteiger partial charge in [-0.2, -0.15) is 0 Å². The summed E-state index contributed by atoms with van der Waals surface area (Å²) < 4.78 is 13.2. The lowest BCUT2D eigenvalue weighted by molar-refractivity contribution is -0.113. The topological polar surface area (TPSA) is 65.4 Å². The zero-order chi connectivity index (χ0) is 18.7. The first-order valence-electron chi connectivity index (χ1n) is 8.80. The molecule has 0 spiro atoms. The number of aryl methyl sites for hydroxylation is 1. The van der Waals surface area contributed by atoms with Gasteiger partial charge in [0.15, 0.2) is 16.7 Å². The Kier molecular flexibility index (Phi) is 5.76. The quantitative estimate of drug-likeness (QED) is 0.781. The second-order valence-corrected chi connectivity index (χ2v) is 7.71. The Morgan fingerprint density at radius 1 is 1.27 bits per heavy atom. The molecule has 3 rings (SSSR count). The number of nitrogens with one attached hydrogen (secondary N) is 1. The van der Waals surface area contributed by atoms with E-state index in [1.807, 2.05) is 19.1 Å². The summed E-state index contributed by atoms with van der Waals surface area (Å²) in [6.45, 7) is 10.4. The first kappa shape index (κ1) is 18.6. The number of imidazole rings is 1. The van der Waals surface area contributed by atoms with Gasteiger partial charge in [-0.1, -0.05) is 25.6 Å². The van der Waals surface area contributed by atoms with Gasteiger partial charge in [0, 0.05) is 24.0 Å². The van der Waals surface area contributed by atoms with E-state index in [1.54, 1.807) is 6.07 Å². The molecule has 1 N–H and O–H groups in total. The monoisotopic (exact) mass is 375 g/mol. The Hall–Kier alpha value is -2.15. The van der Waals surface area contributed by atoms with Crippen molar-refractivity contribution in [2.45, 2.75) is 39.4 Å². The van der Waals surface area contributed by atoms with Gasteiger partial charge in [-0.25, -0.2) is 4.98 Å². The van der Waals surface area contributed by atoms with Gasteiger partial charge in [0.1, 0.15) is 13.2 Å². The molecule has 7 heteroatoms. The number of carbonyl (C=O) groups is 1. The second kappa shape index (κ2) is 8.03. The number of hydrogen-bond donors (Lipinski definition) is 1. The van der Waals surface area contributed by atoms with Crippen molar-refractivity contribution < 1.29 is 14.3 Å². The van der Waals surface area contributed by atoms with E-state index in [4.69, 9.17) is 9.47 Å². The third-order valence-electron chi connectivity index (χ3n) is 4.13. The first-order valence-corrected chi connectivity index (χ1v) is 9.78. The molecule has 0 bridgehead atoms. The number of amides is 1. The molecule has 0 unspecified atom stereocenters. The third-order valence-corrected chi connectivity index (χ3v) is 5.11. The van der Waals surface area contributed by atoms with Crippen LogP contribution >= 0.6 is 11.8 Å². The van der Waals surface area contributed by atoms with Gasteiger partial charge in [-0.3, -0.25) is 4.79 Å². The van der Waals surface area contributed by atoms with Crippen LogP contribution in [0.1, 0.15) is 25.2 Å². The molecule has 1 aromatic heterocycles. The van der Waals surface area contributed by atoms with E-state index in [2.05, 4.69) is 35.6 Å². The number of aromatic nitrogens is 2. The van der Waals surface area contributed by atoms with Gasteiger partial charge in [0.25, 0.3) is 0 Å². The average Bonchev–Trinajstić information content (AvgIpc) is 2.87. The van der Waals surface area contributed by atoms with Crippen LogP contribution in [0.15, 0.2) is 23.4 Å². The molecule has 2 aromatic rings. The molecular weight excluding hydrogens is 350 g/mol. The van der Waals surface area contributed by atoms with Crippen LogP contribution in [-0.4, -0.2) is 34.4 Å². The Labute approximate surface area is 158 Å². The molecule has 1 aliphatic rings. The number of benzene rings is 1. The summed E-state index contributed by atoms with van der Waals surface area (Å²) in [6, 6.07) is 5.44. The van der Waals surface area contributed by atoms with Crippen molar-refractivity contribution in [3.05, 3.63) is 29.6 Å². The number of thioether (sulfide) groups is 1. The first-order chi connectivity index (χ1) is 12.4. The largest absolute Gasteiger partial charge is 0.486 e. The van der Waals surface area contributed by atoms with Crippen LogP contribution in [0.5, 0.6) is 11.5 Å². The minimum Gasteiger partial charge on any atom is -0.486 e. The lowest BCUT2D eigenvalue weighted by atomic mass is 10.2. The number of fused-ring (bicyclic) bond motifs is 1. The van der Waals surface area contributed by atoms with Gasteiger partial charge in [-0.05, 0) is 31.9 Å². The van der Waals surface area contributed by atoms with Crippen LogP contribution < -0.4 is 14.8 Å². The molecule has 26 heavy (non-hydrogen) atoms. The van der Waals surface area contributed by atoms with Gasteiger partial charge in [-0.15, -0.1) is 0 Å². The molecule has 0 saturated heterocycles. The predicted octanol–water partition coefficient (Wildman–Crippen LogP) is 3.66. The standard InChI is InChI=1S/C19H25N3O3S/c1-12(2)10-22-14(4)13(3)20-19(22)26-11-18(23)21-15-5-6-16-17(9-15)25-8-7-24-16/h5-6,9,12H,7-8,10-11H2,1-4H3,(H,21,23). The van der Waals surface area contributed by atoms with Crippen molar-refractivity contribution in [3.63, 3.8) is 0 Å². The summed E-state index contributed by atoms with van der Waals surface area (Å²) in [5, 5.41) is 3.81. The van der Waals surface area contributed by atoms with Crippen LogP contribution in [0, 0.1) is 19.8 Å². The molecule has 0 fully saturated rings. The van der Waals surface area contributed by atoms with E-state index in [0.717, 1.165) is 23.1 Å². The minimum absolute atomic E-state index is 0.0684. The summed E-state index contributed by atoms with van der Waals surface area (Å²) in [5.41, 5.74) is 2.88.